The first-order chi connectivity index (χ1) is 9.30. The van der Waals surface area contributed by atoms with Crippen LogP contribution in [0.1, 0.15) is 33.2 Å². The fourth-order valence-electron chi connectivity index (χ4n) is 2.32. The van der Waals surface area contributed by atoms with Gasteiger partial charge in [0.2, 0.25) is 0 Å². The third kappa shape index (κ3) is 3.63. The monoisotopic (exact) mass is 393 g/mol. The fourth-order valence-corrected chi connectivity index (χ4v) is 2.73. The van der Waals surface area contributed by atoms with Gasteiger partial charge in [0.1, 0.15) is 5.60 Å². The number of hydrogen-bond acceptors (Lipinski definition) is 4. The average molecular weight is 393 g/mol. The van der Waals surface area contributed by atoms with E-state index in [4.69, 9.17) is 4.74 Å². The van der Waals surface area contributed by atoms with Gasteiger partial charge in [-0.25, -0.2) is 4.79 Å². The molecule has 0 spiro atoms. The van der Waals surface area contributed by atoms with Crippen LogP contribution in [-0.4, -0.2) is 50.7 Å². The van der Waals surface area contributed by atoms with Crippen molar-refractivity contribution >= 4 is 28.7 Å². The minimum atomic E-state index is -0.531. The van der Waals surface area contributed by atoms with Crippen LogP contribution in [0.5, 0.6) is 0 Å². The first kappa shape index (κ1) is 15.6. The molecule has 1 saturated heterocycles. The number of hydrogen-bond donors (Lipinski definition) is 1. The molecule has 2 rings (SSSR count). The normalized spacial score (nSPS) is 23.1. The molecule has 1 aromatic heterocycles. The maximum atomic E-state index is 12.2. The molecule has 112 valence electrons. The number of amides is 1. The minimum absolute atomic E-state index is 0.0614. The molecular weight excluding hydrogens is 373 g/mol. The topological polar surface area (TPSA) is 67.6 Å². The lowest BCUT2D eigenvalue weighted by Crippen LogP contribution is -2.41. The van der Waals surface area contributed by atoms with Crippen LogP contribution in [0.4, 0.5) is 4.79 Å². The number of aliphatic hydroxyl groups is 1. The number of carbonyl (C=O) groups excluding carboxylic acids is 1. The van der Waals surface area contributed by atoms with Crippen LogP contribution in [0, 0.1) is 3.57 Å². The zero-order chi connectivity index (χ0) is 14.9. The first-order valence-electron chi connectivity index (χ1n) is 6.60. The number of likely N-dealkylation sites (tertiary alicyclic amines) is 1. The van der Waals surface area contributed by atoms with Crippen molar-refractivity contribution in [2.75, 3.05) is 13.2 Å². The molecular formula is C13H20IN3O3. The molecule has 7 heteroatoms. The summed E-state index contributed by atoms with van der Waals surface area (Å²) in [4.78, 5) is 13.8. The van der Waals surface area contributed by atoms with Gasteiger partial charge in [-0.15, -0.1) is 0 Å². The lowest BCUT2D eigenvalue weighted by Gasteiger charge is -2.27. The summed E-state index contributed by atoms with van der Waals surface area (Å²) in [5.74, 6) is 0. The van der Waals surface area contributed by atoms with Gasteiger partial charge in [0.15, 0.2) is 0 Å². The van der Waals surface area contributed by atoms with Gasteiger partial charge in [-0.05, 0) is 49.8 Å². The van der Waals surface area contributed by atoms with E-state index in [1.54, 1.807) is 11.1 Å². The Morgan fingerprint density at radius 1 is 1.60 bits per heavy atom. The Bertz CT molecular complexity index is 483. The quantitative estimate of drug-likeness (QED) is 0.781. The summed E-state index contributed by atoms with van der Waals surface area (Å²) in [5, 5.41) is 13.8. The third-order valence-electron chi connectivity index (χ3n) is 3.18. The van der Waals surface area contributed by atoms with Crippen molar-refractivity contribution in [3.8, 4) is 0 Å². The van der Waals surface area contributed by atoms with E-state index >= 15 is 0 Å². The Balaban J connectivity index is 2.08. The molecule has 1 aliphatic rings. The highest BCUT2D eigenvalue weighted by molar-refractivity contribution is 14.1. The van der Waals surface area contributed by atoms with Crippen molar-refractivity contribution in [2.24, 2.45) is 0 Å². The first-order valence-corrected chi connectivity index (χ1v) is 7.68. The number of aliphatic hydroxyl groups excluding tert-OH is 1. The van der Waals surface area contributed by atoms with Crippen LogP contribution in [0.25, 0.3) is 0 Å². The molecule has 0 saturated carbocycles. The maximum absolute atomic E-state index is 12.2. The van der Waals surface area contributed by atoms with Crippen molar-refractivity contribution in [1.29, 1.82) is 0 Å². The van der Waals surface area contributed by atoms with E-state index in [1.807, 2.05) is 31.6 Å². The highest BCUT2D eigenvalue weighted by Gasteiger charge is 2.38. The average Bonchev–Trinajstić information content (AvgIpc) is 2.92. The molecule has 1 unspecified atom stereocenters. The summed E-state index contributed by atoms with van der Waals surface area (Å²) >= 11 is 2.20. The van der Waals surface area contributed by atoms with Crippen LogP contribution in [0.3, 0.4) is 0 Å². The summed E-state index contributed by atoms with van der Waals surface area (Å²) in [5.41, 5.74) is -0.531. The lowest BCUT2D eigenvalue weighted by atomic mass is 10.2. The highest BCUT2D eigenvalue weighted by Crippen LogP contribution is 2.28. The van der Waals surface area contributed by atoms with Crippen LogP contribution in [-0.2, 0) is 4.74 Å². The Morgan fingerprint density at radius 2 is 2.30 bits per heavy atom. The SMILES string of the molecule is CC(C)(C)OC(=O)N1CC(n2cc(I)cn2)C[C@H]1CO. The lowest BCUT2D eigenvalue weighted by molar-refractivity contribution is 0.0172. The second kappa shape index (κ2) is 5.88. The maximum Gasteiger partial charge on any atom is 0.410 e. The van der Waals surface area contributed by atoms with E-state index in [0.717, 1.165) is 3.57 Å². The van der Waals surface area contributed by atoms with Gasteiger partial charge in [0, 0.05) is 12.7 Å². The van der Waals surface area contributed by atoms with Crippen molar-refractivity contribution < 1.29 is 14.6 Å². The van der Waals surface area contributed by atoms with Gasteiger partial charge >= 0.3 is 6.09 Å². The molecule has 1 N–H and O–H groups in total. The number of aromatic nitrogens is 2. The number of halogens is 1. The van der Waals surface area contributed by atoms with Crippen molar-refractivity contribution in [3.63, 3.8) is 0 Å². The minimum Gasteiger partial charge on any atom is -0.444 e. The Labute approximate surface area is 132 Å². The molecule has 1 amide bonds. The largest absolute Gasteiger partial charge is 0.444 e. The van der Waals surface area contributed by atoms with E-state index in [9.17, 15) is 9.90 Å². The summed E-state index contributed by atoms with van der Waals surface area (Å²) in [6, 6.07) is -0.125. The molecule has 2 atom stereocenters. The van der Waals surface area contributed by atoms with Crippen molar-refractivity contribution in [2.45, 2.75) is 44.9 Å². The summed E-state index contributed by atoms with van der Waals surface area (Å²) in [7, 11) is 0. The van der Waals surface area contributed by atoms with Gasteiger partial charge in [0.25, 0.3) is 0 Å². The van der Waals surface area contributed by atoms with E-state index in [1.165, 1.54) is 0 Å². The Hall–Kier alpha value is -0.830. The van der Waals surface area contributed by atoms with Gasteiger partial charge in [-0.1, -0.05) is 0 Å². The van der Waals surface area contributed by atoms with E-state index in [0.29, 0.717) is 13.0 Å². The molecule has 0 aliphatic carbocycles. The van der Waals surface area contributed by atoms with E-state index in [2.05, 4.69) is 27.7 Å². The predicted molar refractivity (Wildman–Crippen MR) is 82.4 cm³/mol. The second-order valence-corrected chi connectivity index (χ2v) is 7.24. The standard InChI is InChI=1S/C13H20IN3O3/c1-13(2,3)20-12(19)16-7-10(4-11(16)8-18)17-6-9(14)5-15-17/h5-6,10-11,18H,4,7-8H2,1-3H3/t10?,11-/m0/s1. The van der Waals surface area contributed by atoms with Crippen molar-refractivity contribution in [3.05, 3.63) is 16.0 Å². The zero-order valence-corrected chi connectivity index (χ0v) is 14.1. The Kier molecular flexibility index (Phi) is 4.58. The fraction of sp³-hybridized carbons (Fsp3) is 0.692. The molecule has 1 aromatic rings. The van der Waals surface area contributed by atoms with Gasteiger partial charge in [-0.3, -0.25) is 4.68 Å². The smallest absolute Gasteiger partial charge is 0.410 e. The molecule has 0 radical (unpaired) electrons. The van der Waals surface area contributed by atoms with Gasteiger partial charge in [-0.2, -0.15) is 5.10 Å². The third-order valence-corrected chi connectivity index (χ3v) is 3.73. The zero-order valence-electron chi connectivity index (χ0n) is 11.9. The predicted octanol–water partition coefficient (Wildman–Crippen LogP) is 2.03. The summed E-state index contributed by atoms with van der Waals surface area (Å²) in [6.45, 7) is 5.96. The summed E-state index contributed by atoms with van der Waals surface area (Å²) in [6.07, 6.45) is 4.04. The van der Waals surface area contributed by atoms with Crippen LogP contribution in [0.15, 0.2) is 12.4 Å². The number of carbonyl (C=O) groups is 1. The van der Waals surface area contributed by atoms with E-state index in [-0.39, 0.29) is 24.8 Å². The Morgan fingerprint density at radius 3 is 2.80 bits per heavy atom. The molecule has 6 nitrogen and oxygen atoms in total. The number of nitrogens with zero attached hydrogens (tertiary/aromatic N) is 3. The molecule has 20 heavy (non-hydrogen) atoms. The van der Waals surface area contributed by atoms with Crippen molar-refractivity contribution in [1.82, 2.24) is 14.7 Å². The highest BCUT2D eigenvalue weighted by atomic mass is 127. The number of rotatable bonds is 2. The summed E-state index contributed by atoms with van der Waals surface area (Å²) < 4.78 is 8.30. The van der Waals surface area contributed by atoms with Gasteiger partial charge in [0.05, 0.1) is 28.5 Å². The molecule has 2 heterocycles. The van der Waals surface area contributed by atoms with Crippen LogP contribution < -0.4 is 0 Å². The number of ether oxygens (including phenoxy) is 1. The van der Waals surface area contributed by atoms with Crippen LogP contribution >= 0.6 is 22.6 Å². The van der Waals surface area contributed by atoms with E-state index < -0.39 is 5.60 Å². The molecule has 1 fully saturated rings. The second-order valence-electron chi connectivity index (χ2n) is 6.00. The van der Waals surface area contributed by atoms with Crippen LogP contribution in [0.2, 0.25) is 0 Å². The molecule has 0 bridgehead atoms. The van der Waals surface area contributed by atoms with Gasteiger partial charge < -0.3 is 14.7 Å². The molecule has 1 aliphatic heterocycles. The molecule has 0 aromatic carbocycles.